The van der Waals surface area contributed by atoms with E-state index in [-0.39, 0.29) is 17.5 Å². The number of nitrogens with two attached hydrogens (primary N) is 1. The van der Waals surface area contributed by atoms with Crippen molar-refractivity contribution < 1.29 is 13.2 Å². The van der Waals surface area contributed by atoms with E-state index in [1.54, 1.807) is 18.2 Å². The predicted octanol–water partition coefficient (Wildman–Crippen LogP) is 2.16. The maximum Gasteiger partial charge on any atom is 0.240 e. The van der Waals surface area contributed by atoms with E-state index in [4.69, 9.17) is 10.5 Å². The van der Waals surface area contributed by atoms with E-state index in [0.29, 0.717) is 12.4 Å². The first-order chi connectivity index (χ1) is 10.1. The van der Waals surface area contributed by atoms with Crippen molar-refractivity contribution in [3.05, 3.63) is 23.8 Å². The van der Waals surface area contributed by atoms with Crippen LogP contribution in [-0.4, -0.2) is 21.1 Å². The normalized spacial score (nSPS) is 16.3. The number of nitrogens with one attached hydrogen (secondary N) is 1. The fraction of sp³-hybridized carbons (Fsp3) is 0.600. The zero-order chi connectivity index (χ0) is 15.3. The summed E-state index contributed by atoms with van der Waals surface area (Å²) in [5, 5.41) is 0. The third-order valence-electron chi connectivity index (χ3n) is 3.70. The molecule has 0 spiro atoms. The Morgan fingerprint density at radius 3 is 2.67 bits per heavy atom. The summed E-state index contributed by atoms with van der Waals surface area (Å²) in [5.41, 5.74) is 6.42. The van der Waals surface area contributed by atoms with Gasteiger partial charge in [0.25, 0.3) is 0 Å². The highest BCUT2D eigenvalue weighted by molar-refractivity contribution is 7.89. The van der Waals surface area contributed by atoms with E-state index in [0.717, 1.165) is 37.7 Å². The second-order valence-corrected chi connectivity index (χ2v) is 7.14. The second-order valence-electron chi connectivity index (χ2n) is 5.42. The minimum absolute atomic E-state index is 0.0624. The largest absolute Gasteiger partial charge is 0.493 e. The van der Waals surface area contributed by atoms with Crippen LogP contribution in [0.4, 0.5) is 0 Å². The minimum Gasteiger partial charge on any atom is -0.493 e. The van der Waals surface area contributed by atoms with Crippen LogP contribution in [-0.2, 0) is 16.6 Å². The smallest absolute Gasteiger partial charge is 0.240 e. The van der Waals surface area contributed by atoms with E-state index in [9.17, 15) is 8.42 Å². The fourth-order valence-corrected chi connectivity index (χ4v) is 3.92. The molecule has 0 saturated heterocycles. The Bertz CT molecular complexity index is 566. The standard InChI is InChI=1S/C15H24N2O3S/c1-2-9-20-15-8-7-14(10-12(15)11-16)21(18,19)17-13-5-3-4-6-13/h7-8,10,13,17H,2-6,9,11,16H2,1H3. The molecule has 0 heterocycles. The Morgan fingerprint density at radius 2 is 2.05 bits per heavy atom. The zero-order valence-electron chi connectivity index (χ0n) is 12.5. The number of benzene rings is 1. The molecule has 1 aliphatic rings. The lowest BCUT2D eigenvalue weighted by Gasteiger charge is -2.15. The van der Waals surface area contributed by atoms with Crippen LogP contribution < -0.4 is 15.2 Å². The number of ether oxygens (including phenoxy) is 1. The van der Waals surface area contributed by atoms with Crippen molar-refractivity contribution in [3.8, 4) is 5.75 Å². The van der Waals surface area contributed by atoms with Gasteiger partial charge in [-0.15, -0.1) is 0 Å². The van der Waals surface area contributed by atoms with Gasteiger partial charge in [-0.05, 0) is 37.5 Å². The van der Waals surface area contributed by atoms with E-state index in [1.807, 2.05) is 6.92 Å². The summed E-state index contributed by atoms with van der Waals surface area (Å²) in [4.78, 5) is 0.263. The van der Waals surface area contributed by atoms with Crippen molar-refractivity contribution in [2.24, 2.45) is 5.73 Å². The number of hydrogen-bond acceptors (Lipinski definition) is 4. The number of rotatable bonds is 7. The van der Waals surface area contributed by atoms with E-state index in [1.165, 1.54) is 0 Å². The van der Waals surface area contributed by atoms with Gasteiger partial charge >= 0.3 is 0 Å². The molecule has 0 amide bonds. The summed E-state index contributed by atoms with van der Waals surface area (Å²) in [7, 11) is -3.47. The Labute approximate surface area is 126 Å². The first kappa shape index (κ1) is 16.3. The number of sulfonamides is 1. The van der Waals surface area contributed by atoms with Crippen LogP contribution in [0.3, 0.4) is 0 Å². The van der Waals surface area contributed by atoms with Gasteiger partial charge < -0.3 is 10.5 Å². The van der Waals surface area contributed by atoms with Gasteiger partial charge in [-0.25, -0.2) is 13.1 Å². The van der Waals surface area contributed by atoms with Crippen LogP contribution in [0.5, 0.6) is 5.75 Å². The molecular formula is C15H24N2O3S. The maximum absolute atomic E-state index is 12.4. The highest BCUT2D eigenvalue weighted by atomic mass is 32.2. The van der Waals surface area contributed by atoms with Crippen LogP contribution in [0.15, 0.2) is 23.1 Å². The maximum atomic E-state index is 12.4. The molecule has 118 valence electrons. The minimum atomic E-state index is -3.47. The average Bonchev–Trinajstić information content (AvgIpc) is 2.97. The van der Waals surface area contributed by atoms with Crippen LogP contribution in [0.25, 0.3) is 0 Å². The third-order valence-corrected chi connectivity index (χ3v) is 5.22. The first-order valence-corrected chi connectivity index (χ1v) is 9.03. The van der Waals surface area contributed by atoms with Gasteiger partial charge in [0.2, 0.25) is 10.0 Å². The Kier molecular flexibility index (Phi) is 5.61. The van der Waals surface area contributed by atoms with Crippen molar-refractivity contribution >= 4 is 10.0 Å². The van der Waals surface area contributed by atoms with Crippen molar-refractivity contribution in [2.75, 3.05) is 6.61 Å². The summed E-state index contributed by atoms with van der Waals surface area (Å²) < 4.78 is 33.1. The van der Waals surface area contributed by atoms with Crippen LogP contribution >= 0.6 is 0 Å². The number of hydrogen-bond donors (Lipinski definition) is 2. The van der Waals surface area contributed by atoms with Crippen molar-refractivity contribution in [1.82, 2.24) is 4.72 Å². The molecule has 1 fully saturated rings. The lowest BCUT2D eigenvalue weighted by molar-refractivity contribution is 0.314. The lowest BCUT2D eigenvalue weighted by atomic mass is 10.2. The van der Waals surface area contributed by atoms with Gasteiger partial charge in [-0.2, -0.15) is 0 Å². The molecule has 0 bridgehead atoms. The van der Waals surface area contributed by atoms with Crippen LogP contribution in [0, 0.1) is 0 Å². The summed E-state index contributed by atoms with van der Waals surface area (Å²) >= 11 is 0. The Morgan fingerprint density at radius 1 is 1.33 bits per heavy atom. The van der Waals surface area contributed by atoms with E-state index < -0.39 is 10.0 Å². The van der Waals surface area contributed by atoms with Gasteiger partial charge in [-0.3, -0.25) is 0 Å². The molecule has 0 atom stereocenters. The lowest BCUT2D eigenvalue weighted by Crippen LogP contribution is -2.32. The molecule has 0 radical (unpaired) electrons. The zero-order valence-corrected chi connectivity index (χ0v) is 13.3. The monoisotopic (exact) mass is 312 g/mol. The summed E-state index contributed by atoms with van der Waals surface area (Å²) in [6.07, 6.45) is 4.91. The molecule has 5 nitrogen and oxygen atoms in total. The topological polar surface area (TPSA) is 81.4 Å². The van der Waals surface area contributed by atoms with Crippen molar-refractivity contribution in [2.45, 2.75) is 56.5 Å². The highest BCUT2D eigenvalue weighted by Gasteiger charge is 2.23. The quantitative estimate of drug-likeness (QED) is 0.808. The van der Waals surface area contributed by atoms with Gasteiger partial charge in [0, 0.05) is 18.2 Å². The molecule has 6 heteroatoms. The molecule has 0 aromatic heterocycles. The molecule has 0 aliphatic heterocycles. The van der Waals surface area contributed by atoms with Gasteiger partial charge in [0.15, 0.2) is 0 Å². The van der Waals surface area contributed by atoms with Gasteiger partial charge in [0.05, 0.1) is 11.5 Å². The molecule has 3 N–H and O–H groups in total. The van der Waals surface area contributed by atoms with E-state index in [2.05, 4.69) is 4.72 Å². The molecule has 2 rings (SSSR count). The molecule has 1 aliphatic carbocycles. The van der Waals surface area contributed by atoms with Gasteiger partial charge in [0.1, 0.15) is 5.75 Å². The third kappa shape index (κ3) is 4.18. The molecular weight excluding hydrogens is 288 g/mol. The fourth-order valence-electron chi connectivity index (χ4n) is 2.57. The Hall–Kier alpha value is -1.11. The SMILES string of the molecule is CCCOc1ccc(S(=O)(=O)NC2CCCC2)cc1CN. The molecule has 1 aromatic carbocycles. The summed E-state index contributed by atoms with van der Waals surface area (Å²) in [6.45, 7) is 2.87. The van der Waals surface area contributed by atoms with E-state index >= 15 is 0 Å². The summed E-state index contributed by atoms with van der Waals surface area (Å²) in [6, 6.07) is 4.96. The summed E-state index contributed by atoms with van der Waals surface area (Å²) in [5.74, 6) is 0.666. The predicted molar refractivity (Wildman–Crippen MR) is 82.7 cm³/mol. The second kappa shape index (κ2) is 7.24. The van der Waals surface area contributed by atoms with Crippen LogP contribution in [0.2, 0.25) is 0 Å². The van der Waals surface area contributed by atoms with Crippen molar-refractivity contribution in [3.63, 3.8) is 0 Å². The molecule has 1 saturated carbocycles. The molecule has 1 aromatic rings. The molecule has 0 unspecified atom stereocenters. The molecule has 21 heavy (non-hydrogen) atoms. The Balaban J connectivity index is 2.18. The van der Waals surface area contributed by atoms with Crippen LogP contribution in [0.1, 0.15) is 44.6 Å². The van der Waals surface area contributed by atoms with Gasteiger partial charge in [-0.1, -0.05) is 19.8 Å². The first-order valence-electron chi connectivity index (χ1n) is 7.55. The average molecular weight is 312 g/mol. The highest BCUT2D eigenvalue weighted by Crippen LogP contribution is 2.24. The van der Waals surface area contributed by atoms with Crippen molar-refractivity contribution in [1.29, 1.82) is 0 Å².